The minimum atomic E-state index is 0.587. The average molecular weight is 242 g/mol. The Morgan fingerprint density at radius 2 is 1.89 bits per heavy atom. The molecule has 0 spiro atoms. The molecule has 1 aliphatic heterocycles. The first-order valence-corrected chi connectivity index (χ1v) is 6.93. The fourth-order valence-corrected chi connectivity index (χ4v) is 3.37. The fraction of sp³-hybridized carbons (Fsp3) is 0.500. The zero-order valence-corrected chi connectivity index (χ0v) is 11.8. The maximum absolute atomic E-state index is 3.52. The molecule has 0 aliphatic carbocycles. The summed E-state index contributed by atoms with van der Waals surface area (Å²) in [6, 6.07) is 4.53. The van der Waals surface area contributed by atoms with Crippen molar-refractivity contribution < 1.29 is 0 Å². The monoisotopic (exact) mass is 242 g/mol. The minimum absolute atomic E-state index is 0.587. The molecule has 3 rings (SSSR count). The van der Waals surface area contributed by atoms with E-state index in [9.17, 15) is 0 Å². The van der Waals surface area contributed by atoms with Crippen LogP contribution >= 0.6 is 0 Å². The van der Waals surface area contributed by atoms with Crippen molar-refractivity contribution in [3.63, 3.8) is 0 Å². The van der Waals surface area contributed by atoms with E-state index in [-0.39, 0.29) is 0 Å². The van der Waals surface area contributed by atoms with E-state index in [1.165, 1.54) is 27.7 Å². The van der Waals surface area contributed by atoms with Crippen molar-refractivity contribution in [2.75, 3.05) is 6.54 Å². The third-order valence-corrected chi connectivity index (χ3v) is 4.15. The van der Waals surface area contributed by atoms with Gasteiger partial charge in [0.2, 0.25) is 0 Å². The SMILES string of the molecule is Cc1ccc(C)c2c1c(C(C)C)c1n2CCNC1. The van der Waals surface area contributed by atoms with Gasteiger partial charge in [-0.1, -0.05) is 26.0 Å². The molecule has 0 fully saturated rings. The maximum atomic E-state index is 3.52. The predicted molar refractivity (Wildman–Crippen MR) is 77.2 cm³/mol. The highest BCUT2D eigenvalue weighted by molar-refractivity contribution is 5.91. The van der Waals surface area contributed by atoms with E-state index in [4.69, 9.17) is 0 Å². The normalized spacial score (nSPS) is 15.4. The lowest BCUT2D eigenvalue weighted by Crippen LogP contribution is -2.28. The van der Waals surface area contributed by atoms with E-state index in [1.54, 1.807) is 5.56 Å². The molecule has 2 nitrogen and oxygen atoms in total. The Morgan fingerprint density at radius 3 is 2.61 bits per heavy atom. The van der Waals surface area contributed by atoms with E-state index in [0.717, 1.165) is 19.6 Å². The summed E-state index contributed by atoms with van der Waals surface area (Å²) < 4.78 is 2.55. The number of hydrogen-bond acceptors (Lipinski definition) is 1. The standard InChI is InChI=1S/C16H22N2/c1-10(2)14-13-9-17-7-8-18(13)16-12(4)6-5-11(3)15(14)16/h5-6,10,17H,7-9H2,1-4H3. The summed E-state index contributed by atoms with van der Waals surface area (Å²) in [5, 5.41) is 5.02. The molecule has 0 atom stereocenters. The van der Waals surface area contributed by atoms with Gasteiger partial charge >= 0.3 is 0 Å². The Kier molecular flexibility index (Phi) is 2.70. The molecule has 18 heavy (non-hydrogen) atoms. The minimum Gasteiger partial charge on any atom is -0.342 e. The van der Waals surface area contributed by atoms with Crippen LogP contribution in [0, 0.1) is 13.8 Å². The van der Waals surface area contributed by atoms with E-state index >= 15 is 0 Å². The van der Waals surface area contributed by atoms with Crippen LogP contribution in [0.5, 0.6) is 0 Å². The summed E-state index contributed by atoms with van der Waals surface area (Å²) in [5.41, 5.74) is 7.35. The van der Waals surface area contributed by atoms with Crippen LogP contribution in [0.15, 0.2) is 12.1 Å². The van der Waals surface area contributed by atoms with Gasteiger partial charge in [0.1, 0.15) is 0 Å². The largest absolute Gasteiger partial charge is 0.342 e. The first-order chi connectivity index (χ1) is 8.61. The lowest BCUT2D eigenvalue weighted by Gasteiger charge is -2.20. The van der Waals surface area contributed by atoms with E-state index in [2.05, 4.69) is 49.7 Å². The van der Waals surface area contributed by atoms with Gasteiger partial charge in [-0.15, -0.1) is 0 Å². The van der Waals surface area contributed by atoms with Crippen molar-refractivity contribution in [1.82, 2.24) is 9.88 Å². The number of rotatable bonds is 1. The van der Waals surface area contributed by atoms with Crippen LogP contribution in [0.25, 0.3) is 10.9 Å². The molecule has 1 aliphatic rings. The van der Waals surface area contributed by atoms with Gasteiger partial charge in [0.25, 0.3) is 0 Å². The highest BCUT2D eigenvalue weighted by Gasteiger charge is 2.23. The molecule has 2 heteroatoms. The molecular formula is C16H22N2. The molecule has 1 aromatic carbocycles. The Morgan fingerprint density at radius 1 is 1.17 bits per heavy atom. The average Bonchev–Trinajstić information content (AvgIpc) is 2.70. The second-order valence-corrected chi connectivity index (χ2v) is 5.77. The van der Waals surface area contributed by atoms with Crippen molar-refractivity contribution in [1.29, 1.82) is 0 Å². The molecule has 2 heterocycles. The topological polar surface area (TPSA) is 17.0 Å². The number of nitrogens with zero attached hydrogens (tertiary/aromatic N) is 1. The van der Waals surface area contributed by atoms with Crippen LogP contribution in [-0.4, -0.2) is 11.1 Å². The molecule has 2 aromatic rings. The summed E-state index contributed by atoms with van der Waals surface area (Å²) >= 11 is 0. The lowest BCUT2D eigenvalue weighted by atomic mass is 9.95. The van der Waals surface area contributed by atoms with Crippen molar-refractivity contribution >= 4 is 10.9 Å². The summed E-state index contributed by atoms with van der Waals surface area (Å²) in [4.78, 5) is 0. The molecular weight excluding hydrogens is 220 g/mol. The van der Waals surface area contributed by atoms with Gasteiger partial charge in [-0.3, -0.25) is 0 Å². The third kappa shape index (κ3) is 1.52. The smallest absolute Gasteiger partial charge is 0.0518 e. The van der Waals surface area contributed by atoms with E-state index < -0.39 is 0 Å². The molecule has 1 aromatic heterocycles. The quantitative estimate of drug-likeness (QED) is 0.810. The van der Waals surface area contributed by atoms with Crippen LogP contribution < -0.4 is 5.32 Å². The molecule has 0 unspecified atom stereocenters. The number of hydrogen-bond donors (Lipinski definition) is 1. The van der Waals surface area contributed by atoms with Crippen molar-refractivity contribution in [2.45, 2.75) is 46.7 Å². The molecule has 1 N–H and O–H groups in total. The molecule has 0 amide bonds. The lowest BCUT2D eigenvalue weighted by molar-refractivity contribution is 0.520. The van der Waals surface area contributed by atoms with E-state index in [0.29, 0.717) is 5.92 Å². The zero-order chi connectivity index (χ0) is 12.9. The van der Waals surface area contributed by atoms with Gasteiger partial charge in [0.15, 0.2) is 0 Å². The third-order valence-electron chi connectivity index (χ3n) is 4.15. The Hall–Kier alpha value is -1.28. The van der Waals surface area contributed by atoms with Crippen LogP contribution in [0.1, 0.15) is 42.1 Å². The van der Waals surface area contributed by atoms with Crippen molar-refractivity contribution in [2.24, 2.45) is 0 Å². The van der Waals surface area contributed by atoms with Gasteiger partial charge in [-0.2, -0.15) is 0 Å². The number of aromatic nitrogens is 1. The number of benzene rings is 1. The molecule has 0 saturated heterocycles. The molecule has 0 saturated carbocycles. The summed E-state index contributed by atoms with van der Waals surface area (Å²) in [5.74, 6) is 0.587. The predicted octanol–water partition coefficient (Wildman–Crippen LogP) is 3.48. The second-order valence-electron chi connectivity index (χ2n) is 5.77. The van der Waals surface area contributed by atoms with Crippen LogP contribution in [0.4, 0.5) is 0 Å². The highest BCUT2D eigenvalue weighted by atomic mass is 15.1. The van der Waals surface area contributed by atoms with E-state index in [1.807, 2.05) is 0 Å². The maximum Gasteiger partial charge on any atom is 0.0518 e. The second kappa shape index (κ2) is 4.13. The number of aryl methyl sites for hydroxylation is 2. The Labute approximate surface area is 109 Å². The number of nitrogens with one attached hydrogen (secondary N) is 1. The van der Waals surface area contributed by atoms with Gasteiger partial charge in [0, 0.05) is 30.7 Å². The van der Waals surface area contributed by atoms with Gasteiger partial charge in [-0.25, -0.2) is 0 Å². The molecule has 96 valence electrons. The van der Waals surface area contributed by atoms with Gasteiger partial charge in [0.05, 0.1) is 5.52 Å². The summed E-state index contributed by atoms with van der Waals surface area (Å²) in [6.07, 6.45) is 0. The molecule has 0 bridgehead atoms. The Balaban J connectivity index is 2.47. The fourth-order valence-electron chi connectivity index (χ4n) is 3.37. The van der Waals surface area contributed by atoms with Crippen molar-refractivity contribution in [3.8, 4) is 0 Å². The van der Waals surface area contributed by atoms with Gasteiger partial charge < -0.3 is 9.88 Å². The zero-order valence-electron chi connectivity index (χ0n) is 11.8. The van der Waals surface area contributed by atoms with Crippen LogP contribution in [0.3, 0.4) is 0 Å². The summed E-state index contributed by atoms with van der Waals surface area (Å²) in [6.45, 7) is 12.3. The van der Waals surface area contributed by atoms with Gasteiger partial charge in [-0.05, 0) is 36.5 Å². The first kappa shape index (κ1) is 11.8. The Bertz CT molecular complexity index is 605. The molecule has 0 radical (unpaired) electrons. The van der Waals surface area contributed by atoms with Crippen LogP contribution in [-0.2, 0) is 13.1 Å². The first-order valence-electron chi connectivity index (χ1n) is 6.93. The van der Waals surface area contributed by atoms with Crippen LogP contribution in [0.2, 0.25) is 0 Å². The highest BCUT2D eigenvalue weighted by Crippen LogP contribution is 2.36. The number of fused-ring (bicyclic) bond motifs is 3. The van der Waals surface area contributed by atoms with Crippen molar-refractivity contribution in [3.05, 3.63) is 34.5 Å². The summed E-state index contributed by atoms with van der Waals surface area (Å²) in [7, 11) is 0.